The summed E-state index contributed by atoms with van der Waals surface area (Å²) in [4.78, 5) is 17.7. The Morgan fingerprint density at radius 3 is 1.77 bits per heavy atom. The Hall–Kier alpha value is -0.990. The van der Waals surface area contributed by atoms with E-state index in [4.69, 9.17) is 0 Å². The lowest BCUT2D eigenvalue weighted by Gasteiger charge is -2.41. The number of allylic oxidation sites excluding steroid dienone is 1. The maximum absolute atomic E-state index is 13.1. The SMILES string of the molecule is C=C(C1CCCC(C(=O)N(C)C2CCCCC2)C1)N(C)C1CCCCC1. The first-order valence-corrected chi connectivity index (χ1v) is 11.3. The molecule has 1 amide bonds. The third-order valence-electron chi connectivity index (χ3n) is 7.54. The summed E-state index contributed by atoms with van der Waals surface area (Å²) in [5.41, 5.74) is 1.30. The predicted octanol–water partition coefficient (Wildman–Crippen LogP) is 5.36. The van der Waals surface area contributed by atoms with E-state index in [9.17, 15) is 4.79 Å². The minimum atomic E-state index is 0.220. The maximum atomic E-state index is 13.1. The molecular formula is C23H40N2O. The second-order valence-corrected chi connectivity index (χ2v) is 9.20. The van der Waals surface area contributed by atoms with Crippen LogP contribution in [-0.4, -0.2) is 41.9 Å². The summed E-state index contributed by atoms with van der Waals surface area (Å²) in [5, 5.41) is 0. The van der Waals surface area contributed by atoms with Crippen LogP contribution in [0.3, 0.4) is 0 Å². The van der Waals surface area contributed by atoms with Crippen molar-refractivity contribution in [3.63, 3.8) is 0 Å². The van der Waals surface area contributed by atoms with Crippen LogP contribution >= 0.6 is 0 Å². The molecule has 0 aromatic rings. The molecule has 148 valence electrons. The van der Waals surface area contributed by atoms with Crippen molar-refractivity contribution in [2.24, 2.45) is 11.8 Å². The smallest absolute Gasteiger partial charge is 0.225 e. The monoisotopic (exact) mass is 360 g/mol. The zero-order valence-corrected chi connectivity index (χ0v) is 17.2. The Kier molecular flexibility index (Phi) is 7.05. The van der Waals surface area contributed by atoms with E-state index < -0.39 is 0 Å². The number of rotatable bonds is 5. The third-order valence-corrected chi connectivity index (χ3v) is 7.54. The van der Waals surface area contributed by atoms with Crippen molar-refractivity contribution in [3.8, 4) is 0 Å². The van der Waals surface area contributed by atoms with Gasteiger partial charge in [0, 0.05) is 37.8 Å². The summed E-state index contributed by atoms with van der Waals surface area (Å²) in [6.45, 7) is 4.48. The zero-order valence-electron chi connectivity index (χ0n) is 17.2. The number of carbonyl (C=O) groups excluding carboxylic acids is 1. The van der Waals surface area contributed by atoms with E-state index in [-0.39, 0.29) is 5.92 Å². The van der Waals surface area contributed by atoms with Crippen LogP contribution in [0, 0.1) is 11.8 Å². The summed E-state index contributed by atoms with van der Waals surface area (Å²) >= 11 is 0. The zero-order chi connectivity index (χ0) is 18.5. The third kappa shape index (κ3) is 4.64. The van der Waals surface area contributed by atoms with Crippen molar-refractivity contribution in [3.05, 3.63) is 12.3 Å². The minimum absolute atomic E-state index is 0.220. The van der Waals surface area contributed by atoms with Gasteiger partial charge >= 0.3 is 0 Å². The molecule has 3 heteroatoms. The van der Waals surface area contributed by atoms with Crippen molar-refractivity contribution in [2.45, 2.75) is 102 Å². The van der Waals surface area contributed by atoms with E-state index in [2.05, 4.69) is 30.5 Å². The summed E-state index contributed by atoms with van der Waals surface area (Å²) < 4.78 is 0. The van der Waals surface area contributed by atoms with E-state index in [1.54, 1.807) is 0 Å². The molecular weight excluding hydrogens is 320 g/mol. The Balaban J connectivity index is 1.55. The van der Waals surface area contributed by atoms with Crippen LogP contribution in [0.15, 0.2) is 12.3 Å². The van der Waals surface area contributed by atoms with Crippen LogP contribution in [-0.2, 0) is 4.79 Å². The molecule has 3 nitrogen and oxygen atoms in total. The summed E-state index contributed by atoms with van der Waals surface area (Å²) in [6.07, 6.45) is 17.6. The first-order chi connectivity index (χ1) is 12.6. The highest BCUT2D eigenvalue weighted by Gasteiger charge is 2.34. The number of hydrogen-bond acceptors (Lipinski definition) is 2. The molecule has 26 heavy (non-hydrogen) atoms. The van der Waals surface area contributed by atoms with E-state index in [1.807, 2.05) is 0 Å². The molecule has 3 fully saturated rings. The van der Waals surface area contributed by atoms with Crippen LogP contribution in [0.4, 0.5) is 0 Å². The van der Waals surface area contributed by atoms with E-state index in [1.165, 1.54) is 82.7 Å². The molecule has 3 aliphatic carbocycles. The van der Waals surface area contributed by atoms with Gasteiger partial charge in [0.15, 0.2) is 0 Å². The Morgan fingerprint density at radius 1 is 0.692 bits per heavy atom. The number of hydrogen-bond donors (Lipinski definition) is 0. The van der Waals surface area contributed by atoms with Crippen LogP contribution in [0.2, 0.25) is 0 Å². The molecule has 3 saturated carbocycles. The first-order valence-electron chi connectivity index (χ1n) is 11.3. The van der Waals surface area contributed by atoms with Gasteiger partial charge in [0.2, 0.25) is 5.91 Å². The molecule has 0 spiro atoms. The topological polar surface area (TPSA) is 23.6 Å². The number of amides is 1. The van der Waals surface area contributed by atoms with Crippen LogP contribution in [0.1, 0.15) is 89.9 Å². The van der Waals surface area contributed by atoms with Gasteiger partial charge < -0.3 is 9.80 Å². The highest BCUT2D eigenvalue weighted by atomic mass is 16.2. The van der Waals surface area contributed by atoms with Crippen molar-refractivity contribution in [1.29, 1.82) is 0 Å². The quantitative estimate of drug-likeness (QED) is 0.659. The fourth-order valence-corrected chi connectivity index (χ4v) is 5.64. The molecule has 3 aliphatic rings. The standard InChI is InChI=1S/C23H40N2O/c1-18(24(2)21-13-6-4-7-14-21)19-11-10-12-20(17-19)23(26)25(3)22-15-8-5-9-16-22/h19-22H,1,4-17H2,2-3H3. The Bertz CT molecular complexity index is 435. The molecule has 0 heterocycles. The fraction of sp³-hybridized carbons (Fsp3) is 0.870. The van der Waals surface area contributed by atoms with E-state index in [0.29, 0.717) is 23.9 Å². The summed E-state index contributed by atoms with van der Waals surface area (Å²) in [5.74, 6) is 1.14. The fourth-order valence-electron chi connectivity index (χ4n) is 5.64. The Morgan fingerprint density at radius 2 is 1.19 bits per heavy atom. The van der Waals surface area contributed by atoms with E-state index >= 15 is 0 Å². The maximum Gasteiger partial charge on any atom is 0.225 e. The van der Waals surface area contributed by atoms with Crippen LogP contribution in [0.25, 0.3) is 0 Å². The van der Waals surface area contributed by atoms with Crippen molar-refractivity contribution in [2.75, 3.05) is 14.1 Å². The molecule has 0 radical (unpaired) electrons. The minimum Gasteiger partial charge on any atom is -0.375 e. The molecule has 0 aromatic heterocycles. The van der Waals surface area contributed by atoms with Gasteiger partial charge in [-0.2, -0.15) is 0 Å². The van der Waals surface area contributed by atoms with E-state index in [0.717, 1.165) is 12.8 Å². The summed E-state index contributed by atoms with van der Waals surface area (Å²) in [7, 11) is 4.31. The molecule has 2 atom stereocenters. The van der Waals surface area contributed by atoms with Gasteiger partial charge in [-0.3, -0.25) is 4.79 Å². The average molecular weight is 361 g/mol. The van der Waals surface area contributed by atoms with Gasteiger partial charge in [0.1, 0.15) is 0 Å². The molecule has 0 aliphatic heterocycles. The van der Waals surface area contributed by atoms with Gasteiger partial charge in [-0.05, 0) is 50.9 Å². The number of nitrogens with zero attached hydrogens (tertiary/aromatic N) is 2. The van der Waals surface area contributed by atoms with Crippen molar-refractivity contribution in [1.82, 2.24) is 9.80 Å². The Labute approximate surface area is 161 Å². The van der Waals surface area contributed by atoms with Gasteiger partial charge in [-0.1, -0.05) is 51.5 Å². The average Bonchev–Trinajstić information content (AvgIpc) is 2.73. The lowest BCUT2D eigenvalue weighted by Crippen LogP contribution is -2.43. The van der Waals surface area contributed by atoms with Crippen LogP contribution < -0.4 is 0 Å². The first kappa shape index (κ1) is 19.8. The van der Waals surface area contributed by atoms with Gasteiger partial charge in [0.05, 0.1) is 0 Å². The lowest BCUT2D eigenvalue weighted by atomic mass is 9.78. The van der Waals surface area contributed by atoms with Gasteiger partial charge in [-0.25, -0.2) is 0 Å². The highest BCUT2D eigenvalue weighted by Crippen LogP contribution is 2.37. The molecule has 0 aromatic carbocycles. The van der Waals surface area contributed by atoms with Gasteiger partial charge in [-0.15, -0.1) is 0 Å². The normalized spacial score (nSPS) is 28.5. The second-order valence-electron chi connectivity index (χ2n) is 9.20. The van der Waals surface area contributed by atoms with Crippen molar-refractivity contribution < 1.29 is 4.79 Å². The van der Waals surface area contributed by atoms with Gasteiger partial charge in [0.25, 0.3) is 0 Å². The molecule has 0 N–H and O–H groups in total. The highest BCUT2D eigenvalue weighted by molar-refractivity contribution is 5.79. The molecule has 2 unspecified atom stereocenters. The number of carbonyl (C=O) groups is 1. The predicted molar refractivity (Wildman–Crippen MR) is 109 cm³/mol. The second kappa shape index (κ2) is 9.28. The van der Waals surface area contributed by atoms with Crippen LogP contribution in [0.5, 0.6) is 0 Å². The lowest BCUT2D eigenvalue weighted by molar-refractivity contribution is -0.138. The van der Waals surface area contributed by atoms with Crippen molar-refractivity contribution >= 4 is 5.91 Å². The molecule has 0 saturated heterocycles. The summed E-state index contributed by atoms with van der Waals surface area (Å²) in [6, 6.07) is 1.17. The molecule has 0 bridgehead atoms. The largest absolute Gasteiger partial charge is 0.375 e. The molecule has 3 rings (SSSR count).